The summed E-state index contributed by atoms with van der Waals surface area (Å²) < 4.78 is 0. The van der Waals surface area contributed by atoms with Crippen LogP contribution in [0.2, 0.25) is 0 Å². The van der Waals surface area contributed by atoms with Crippen LogP contribution in [0.25, 0.3) is 144 Å². The first-order valence-electron chi connectivity index (χ1n) is 48.2. The fraction of sp³-hybridized carbons (Fsp3) is 0.0667. The van der Waals surface area contributed by atoms with Gasteiger partial charge in [0.2, 0.25) is 0 Å². The molecule has 658 valence electrons. The molecule has 0 heterocycles. The van der Waals surface area contributed by atoms with Gasteiger partial charge in [-0.05, 0) is 263 Å². The van der Waals surface area contributed by atoms with E-state index in [1.54, 1.807) is 0 Å². The second-order valence-electron chi connectivity index (χ2n) is 38.2. The lowest BCUT2D eigenvalue weighted by molar-refractivity contribution is 0.660. The van der Waals surface area contributed by atoms with Gasteiger partial charge in [0, 0.05) is 66.8 Å². The molecule has 138 heavy (non-hydrogen) atoms. The number of nitrogens with zero attached hydrogens (tertiary/aromatic N) is 3. The highest BCUT2D eigenvalue weighted by Crippen LogP contribution is 2.57. The monoisotopic (exact) mass is 1770 g/mol. The molecule has 0 saturated heterocycles. The third kappa shape index (κ3) is 15.6. The van der Waals surface area contributed by atoms with Crippen LogP contribution in [0.4, 0.5) is 51.2 Å². The van der Waals surface area contributed by atoms with Crippen LogP contribution in [0.15, 0.2) is 516 Å². The van der Waals surface area contributed by atoms with Gasteiger partial charge in [-0.2, -0.15) is 0 Å². The molecule has 0 radical (unpaired) electrons. The third-order valence-corrected chi connectivity index (χ3v) is 29.0. The summed E-state index contributed by atoms with van der Waals surface area (Å²) in [5.74, 6) is 0. The molecule has 0 aliphatic heterocycles. The van der Waals surface area contributed by atoms with Gasteiger partial charge >= 0.3 is 0 Å². The average molecular weight is 1770 g/mol. The van der Waals surface area contributed by atoms with E-state index in [1.807, 2.05) is 0 Å². The summed E-state index contributed by atoms with van der Waals surface area (Å²) in [6.07, 6.45) is 0. The van der Waals surface area contributed by atoms with Gasteiger partial charge in [0.25, 0.3) is 0 Å². The van der Waals surface area contributed by atoms with Crippen LogP contribution in [-0.2, 0) is 16.2 Å². The van der Waals surface area contributed by atoms with Crippen molar-refractivity contribution in [2.45, 2.75) is 57.8 Å². The Morgan fingerprint density at radius 2 is 0.362 bits per heavy atom. The lowest BCUT2D eigenvalue weighted by Crippen LogP contribution is -2.16. The molecule has 0 saturated carbocycles. The first-order valence-corrected chi connectivity index (χ1v) is 48.2. The van der Waals surface area contributed by atoms with Crippen LogP contribution in [0.3, 0.4) is 0 Å². The molecule has 0 unspecified atom stereocenters. The summed E-state index contributed by atoms with van der Waals surface area (Å²) >= 11 is 0. The van der Waals surface area contributed by atoms with Crippen molar-refractivity contribution in [1.82, 2.24) is 0 Å². The summed E-state index contributed by atoms with van der Waals surface area (Å²) in [5, 5.41) is 7.38. The number of hydrogen-bond donors (Lipinski definition) is 0. The quantitative estimate of drug-likeness (QED) is 0.0955. The Balaban J connectivity index is 0.000000116. The molecule has 0 atom stereocenters. The predicted molar refractivity (Wildman–Crippen MR) is 587 cm³/mol. The van der Waals surface area contributed by atoms with Crippen LogP contribution in [0.1, 0.15) is 74.9 Å². The maximum Gasteiger partial charge on any atom is 0.0540 e. The van der Waals surface area contributed by atoms with Gasteiger partial charge in [-0.15, -0.1) is 0 Å². The molecule has 3 aliphatic carbocycles. The van der Waals surface area contributed by atoms with Gasteiger partial charge in [0.1, 0.15) is 0 Å². The summed E-state index contributed by atoms with van der Waals surface area (Å²) in [6, 6.07) is 188. The van der Waals surface area contributed by atoms with Crippen molar-refractivity contribution >= 4 is 83.5 Å². The fourth-order valence-corrected chi connectivity index (χ4v) is 22.0. The largest absolute Gasteiger partial charge is 0.310 e. The first-order chi connectivity index (χ1) is 67.7. The van der Waals surface area contributed by atoms with E-state index < -0.39 is 0 Å². The van der Waals surface area contributed by atoms with Gasteiger partial charge in [-0.1, -0.05) is 460 Å². The zero-order valence-corrected chi connectivity index (χ0v) is 78.4. The molecule has 3 nitrogen and oxygen atoms in total. The second kappa shape index (κ2) is 35.8. The van der Waals surface area contributed by atoms with Crippen molar-refractivity contribution in [2.24, 2.45) is 0 Å². The Hall–Kier alpha value is -17.0. The predicted octanol–water partition coefficient (Wildman–Crippen LogP) is 37.5. The Bertz CT molecular complexity index is 8310. The number of hydrogen-bond acceptors (Lipinski definition) is 3. The van der Waals surface area contributed by atoms with Gasteiger partial charge in [-0.3, -0.25) is 0 Å². The van der Waals surface area contributed by atoms with Crippen molar-refractivity contribution in [3.63, 3.8) is 0 Å². The van der Waals surface area contributed by atoms with Crippen molar-refractivity contribution in [1.29, 1.82) is 0 Å². The van der Waals surface area contributed by atoms with Crippen LogP contribution in [0.5, 0.6) is 0 Å². The molecular formula is C135H103N3. The molecule has 0 bridgehead atoms. The normalized spacial score (nSPS) is 12.9. The molecule has 0 spiro atoms. The summed E-state index contributed by atoms with van der Waals surface area (Å²) in [5.41, 5.74) is 43.3. The van der Waals surface area contributed by atoms with Crippen molar-refractivity contribution in [2.75, 3.05) is 14.7 Å². The molecule has 22 aromatic carbocycles. The summed E-state index contributed by atoms with van der Waals surface area (Å²) in [7, 11) is 0. The Labute approximate surface area is 810 Å². The molecule has 0 aromatic heterocycles. The number of fused-ring (bicyclic) bond motifs is 12. The highest BCUT2D eigenvalue weighted by atomic mass is 15.2. The van der Waals surface area contributed by atoms with E-state index in [9.17, 15) is 0 Å². The maximum atomic E-state index is 2.45. The first kappa shape index (κ1) is 85.2. The molecule has 3 aliphatic rings. The summed E-state index contributed by atoms with van der Waals surface area (Å²) in [6.45, 7) is 14.1. The molecule has 0 fully saturated rings. The summed E-state index contributed by atoms with van der Waals surface area (Å²) in [4.78, 5) is 7.33. The van der Waals surface area contributed by atoms with E-state index in [1.165, 1.54) is 183 Å². The topological polar surface area (TPSA) is 9.72 Å². The van der Waals surface area contributed by atoms with E-state index in [2.05, 4.69) is 572 Å². The molecule has 0 N–H and O–H groups in total. The zero-order valence-electron chi connectivity index (χ0n) is 78.4. The Morgan fingerprint density at radius 1 is 0.130 bits per heavy atom. The van der Waals surface area contributed by atoms with Gasteiger partial charge in [-0.25, -0.2) is 0 Å². The Morgan fingerprint density at radius 3 is 0.732 bits per heavy atom. The fourth-order valence-electron chi connectivity index (χ4n) is 22.0. The minimum absolute atomic E-state index is 0.0800. The average Bonchev–Trinajstić information content (AvgIpc) is 1.58. The van der Waals surface area contributed by atoms with Gasteiger partial charge < -0.3 is 14.7 Å². The minimum Gasteiger partial charge on any atom is -0.310 e. The standard InChI is InChI=1S/C49H37N.2C43H33N/c1-49(2)46-22-12-11-21-43(46)44-31-29-40(33-47(44)49)50(48-23-13-19-36-18-9-10-20-42(36)48)39-28-30-41(45(32-39)37-16-7-4-8-17-37)38-26-24-35(25-27-38)34-14-5-3-6-15-34;1-43(2)40-22-12-11-21-37(40)38-27-25-34(29-41(38)43)44(42-23-13-19-31-18-9-10-20-36(31)42)33-24-26-35(30-14-5-3-6-15-30)39(28-33)32-16-7-4-8-17-32;1-43(2)41-20-12-11-19-38(41)39-26-24-36(29-42(39)43)44(34-22-21-30-13-9-10-18-33(30)27-34)35-23-25-37(31-14-5-3-6-15-31)40(28-35)32-16-7-4-8-17-32/h3-33H,1-2H3;2*3-29H,1-2H3. The number of rotatable bonds is 16. The van der Waals surface area contributed by atoms with Gasteiger partial charge in [0.05, 0.1) is 11.4 Å². The molecule has 25 rings (SSSR count). The highest BCUT2D eigenvalue weighted by molar-refractivity contribution is 6.04. The van der Waals surface area contributed by atoms with Crippen LogP contribution in [-0.4, -0.2) is 0 Å². The van der Waals surface area contributed by atoms with Gasteiger partial charge in [0.15, 0.2) is 0 Å². The zero-order chi connectivity index (χ0) is 93.0. The lowest BCUT2D eigenvalue weighted by atomic mass is 9.82. The maximum absolute atomic E-state index is 2.45. The number of benzene rings is 22. The Kier molecular flexibility index (Phi) is 22.1. The van der Waals surface area contributed by atoms with Crippen molar-refractivity contribution < 1.29 is 0 Å². The van der Waals surface area contributed by atoms with Crippen LogP contribution >= 0.6 is 0 Å². The van der Waals surface area contributed by atoms with Crippen molar-refractivity contribution in [3.05, 3.63) is 549 Å². The SMILES string of the molecule is CC1(C)c2ccccc2-c2ccc(N(c3ccc(-c4ccc(-c5ccccc5)cc4)c(-c4ccccc4)c3)c3cccc4ccccc34)cc21.CC1(C)c2ccccc2-c2ccc(N(c3ccc(-c4ccccc4)c(-c4ccccc4)c3)c3ccc4ccccc4c3)cc21.CC1(C)c2ccccc2-c2ccc(N(c3ccc(-c4ccccc4)c(-c4ccccc4)c3)c3cccc4ccccc34)cc21. The van der Waals surface area contributed by atoms with Crippen molar-refractivity contribution in [3.8, 4) is 111 Å². The highest BCUT2D eigenvalue weighted by Gasteiger charge is 2.40. The smallest absolute Gasteiger partial charge is 0.0540 e. The molecule has 0 amide bonds. The van der Waals surface area contributed by atoms with E-state index >= 15 is 0 Å². The minimum atomic E-state index is -0.0999. The van der Waals surface area contributed by atoms with Crippen LogP contribution < -0.4 is 14.7 Å². The third-order valence-electron chi connectivity index (χ3n) is 29.0. The van der Waals surface area contributed by atoms with E-state index in [0.717, 1.165) is 45.5 Å². The van der Waals surface area contributed by atoms with E-state index in [4.69, 9.17) is 0 Å². The molecule has 22 aromatic rings. The lowest BCUT2D eigenvalue weighted by Gasteiger charge is -2.30. The number of anilines is 9. The molecular weight excluding hydrogens is 1660 g/mol. The van der Waals surface area contributed by atoms with E-state index in [-0.39, 0.29) is 16.2 Å². The van der Waals surface area contributed by atoms with E-state index in [0.29, 0.717) is 0 Å². The van der Waals surface area contributed by atoms with Crippen LogP contribution in [0, 0.1) is 0 Å². The second-order valence-corrected chi connectivity index (χ2v) is 38.2. The molecule has 3 heteroatoms.